The van der Waals surface area contributed by atoms with E-state index < -0.39 is 0 Å². The van der Waals surface area contributed by atoms with E-state index in [1.165, 1.54) is 11.8 Å². The third-order valence-corrected chi connectivity index (χ3v) is 5.21. The van der Waals surface area contributed by atoms with E-state index in [4.69, 9.17) is 11.6 Å². The van der Waals surface area contributed by atoms with E-state index in [0.29, 0.717) is 10.9 Å². The second-order valence-corrected chi connectivity index (χ2v) is 8.22. The second-order valence-electron chi connectivity index (χ2n) is 6.84. The molecule has 2 aromatic heterocycles. The summed E-state index contributed by atoms with van der Waals surface area (Å²) in [5.74, 6) is 1.32. The summed E-state index contributed by atoms with van der Waals surface area (Å²) in [4.78, 5) is 16.5. The molecule has 0 atom stereocenters. The number of benzene rings is 1. The number of rotatable bonds is 7. The average Bonchev–Trinajstić information content (AvgIpc) is 3.05. The highest BCUT2D eigenvalue weighted by Crippen LogP contribution is 2.25. The third kappa shape index (κ3) is 5.11. The second kappa shape index (κ2) is 9.21. The number of thioether (sulfide) groups is 1. The molecule has 8 heteroatoms. The predicted molar refractivity (Wildman–Crippen MR) is 114 cm³/mol. The summed E-state index contributed by atoms with van der Waals surface area (Å²) in [6.45, 7) is 6.97. The minimum Gasteiger partial charge on any atom is -0.325 e. The van der Waals surface area contributed by atoms with E-state index in [0.717, 1.165) is 34.3 Å². The molecule has 0 spiro atoms. The molecule has 0 saturated carbocycles. The Balaban J connectivity index is 1.74. The molecule has 1 N–H and O–H groups in total. The van der Waals surface area contributed by atoms with Crippen molar-refractivity contribution >= 4 is 35.0 Å². The Kier molecular flexibility index (Phi) is 6.70. The molecular weight excluding hydrogens is 394 g/mol. The zero-order valence-corrected chi connectivity index (χ0v) is 17.6. The third-order valence-electron chi connectivity index (χ3n) is 4.01. The van der Waals surface area contributed by atoms with Gasteiger partial charge in [0.15, 0.2) is 11.0 Å². The number of nitrogens with one attached hydrogen (secondary N) is 1. The van der Waals surface area contributed by atoms with Crippen LogP contribution in [0.25, 0.3) is 11.4 Å². The van der Waals surface area contributed by atoms with Crippen molar-refractivity contribution in [3.05, 3.63) is 53.3 Å². The lowest BCUT2D eigenvalue weighted by atomic mass is 10.2. The first-order chi connectivity index (χ1) is 13.4. The zero-order valence-electron chi connectivity index (χ0n) is 16.0. The van der Waals surface area contributed by atoms with Gasteiger partial charge >= 0.3 is 0 Å². The molecule has 0 bridgehead atoms. The number of amides is 1. The maximum atomic E-state index is 12.4. The zero-order chi connectivity index (χ0) is 20.1. The normalized spacial score (nSPS) is 11.0. The van der Waals surface area contributed by atoms with Crippen molar-refractivity contribution in [2.45, 2.75) is 32.5 Å². The van der Waals surface area contributed by atoms with Crippen molar-refractivity contribution in [1.29, 1.82) is 0 Å². The van der Waals surface area contributed by atoms with Crippen molar-refractivity contribution in [1.82, 2.24) is 19.7 Å². The van der Waals surface area contributed by atoms with Crippen LogP contribution in [0.1, 0.15) is 19.4 Å². The monoisotopic (exact) mass is 415 g/mol. The summed E-state index contributed by atoms with van der Waals surface area (Å²) in [7, 11) is 0. The maximum absolute atomic E-state index is 12.4. The van der Waals surface area contributed by atoms with Gasteiger partial charge in [-0.3, -0.25) is 9.78 Å². The molecule has 1 aromatic carbocycles. The van der Waals surface area contributed by atoms with Gasteiger partial charge in [-0.1, -0.05) is 43.3 Å². The van der Waals surface area contributed by atoms with E-state index in [2.05, 4.69) is 38.9 Å². The summed E-state index contributed by atoms with van der Waals surface area (Å²) < 4.78 is 2.06. The van der Waals surface area contributed by atoms with Crippen LogP contribution >= 0.6 is 23.4 Å². The largest absolute Gasteiger partial charge is 0.325 e. The van der Waals surface area contributed by atoms with E-state index in [-0.39, 0.29) is 11.7 Å². The first kappa shape index (κ1) is 20.4. The molecule has 3 rings (SSSR count). The Hall–Kier alpha value is -2.38. The highest BCUT2D eigenvalue weighted by atomic mass is 35.5. The van der Waals surface area contributed by atoms with Gasteiger partial charge < -0.3 is 9.88 Å². The fraction of sp³-hybridized carbons (Fsp3) is 0.300. The van der Waals surface area contributed by atoms with Gasteiger partial charge in [-0.25, -0.2) is 0 Å². The summed E-state index contributed by atoms with van der Waals surface area (Å²) >= 11 is 7.39. The summed E-state index contributed by atoms with van der Waals surface area (Å²) in [5.41, 5.74) is 2.64. The highest BCUT2D eigenvalue weighted by molar-refractivity contribution is 7.99. The van der Waals surface area contributed by atoms with Crippen LogP contribution in [0.5, 0.6) is 0 Å². The molecule has 0 aliphatic rings. The van der Waals surface area contributed by atoms with Crippen LogP contribution in [0.3, 0.4) is 0 Å². The average molecular weight is 416 g/mol. The molecule has 0 unspecified atom stereocenters. The number of aromatic nitrogens is 4. The van der Waals surface area contributed by atoms with Gasteiger partial charge in [0, 0.05) is 35.2 Å². The van der Waals surface area contributed by atoms with E-state index in [1.807, 2.05) is 25.1 Å². The first-order valence-corrected chi connectivity index (χ1v) is 10.3. The number of nitrogens with zero attached hydrogens (tertiary/aromatic N) is 4. The quantitative estimate of drug-likeness (QED) is 0.567. The Morgan fingerprint density at radius 1 is 1.21 bits per heavy atom. The van der Waals surface area contributed by atoms with Crippen molar-refractivity contribution in [3.8, 4) is 11.4 Å². The maximum Gasteiger partial charge on any atom is 0.234 e. The number of anilines is 1. The van der Waals surface area contributed by atoms with Gasteiger partial charge in [-0.05, 0) is 42.7 Å². The Morgan fingerprint density at radius 3 is 2.68 bits per heavy atom. The van der Waals surface area contributed by atoms with Crippen molar-refractivity contribution in [2.75, 3.05) is 11.1 Å². The molecule has 3 aromatic rings. The number of pyridine rings is 1. The Labute approximate surface area is 173 Å². The topological polar surface area (TPSA) is 72.7 Å². The van der Waals surface area contributed by atoms with Crippen LogP contribution in [0.4, 0.5) is 5.69 Å². The van der Waals surface area contributed by atoms with Gasteiger partial charge in [0.2, 0.25) is 5.91 Å². The fourth-order valence-electron chi connectivity index (χ4n) is 2.69. The van der Waals surface area contributed by atoms with Crippen molar-refractivity contribution in [2.24, 2.45) is 5.92 Å². The molecule has 0 aliphatic carbocycles. The first-order valence-electron chi connectivity index (χ1n) is 8.96. The molecule has 0 saturated heterocycles. The molecule has 1 amide bonds. The number of carbonyl (C=O) groups is 1. The van der Waals surface area contributed by atoms with Gasteiger partial charge in [-0.2, -0.15) is 0 Å². The lowest BCUT2D eigenvalue weighted by molar-refractivity contribution is -0.113. The fourth-order valence-corrected chi connectivity index (χ4v) is 3.60. The van der Waals surface area contributed by atoms with Crippen LogP contribution in [-0.4, -0.2) is 31.4 Å². The lowest BCUT2D eigenvalue weighted by Gasteiger charge is -2.13. The van der Waals surface area contributed by atoms with Gasteiger partial charge in [0.1, 0.15) is 0 Å². The SMILES string of the molecule is Cc1ccc(Cl)cc1NC(=O)CSc1nnc(-c2ccncc2)n1CC(C)C. The number of hydrogen-bond donors (Lipinski definition) is 1. The predicted octanol–water partition coefficient (Wildman–Crippen LogP) is 4.69. The number of hydrogen-bond acceptors (Lipinski definition) is 5. The van der Waals surface area contributed by atoms with Crippen LogP contribution < -0.4 is 5.32 Å². The molecular formula is C20H22ClN5OS. The minimum absolute atomic E-state index is 0.111. The molecule has 0 fully saturated rings. The van der Waals surface area contributed by atoms with Crippen LogP contribution in [-0.2, 0) is 11.3 Å². The minimum atomic E-state index is -0.111. The van der Waals surface area contributed by atoms with Crippen molar-refractivity contribution in [3.63, 3.8) is 0 Å². The van der Waals surface area contributed by atoms with Crippen LogP contribution in [0.2, 0.25) is 5.02 Å². The molecule has 0 aliphatic heterocycles. The number of halogens is 1. The van der Waals surface area contributed by atoms with Gasteiger partial charge in [0.05, 0.1) is 5.75 Å². The number of carbonyl (C=O) groups excluding carboxylic acids is 1. The summed E-state index contributed by atoms with van der Waals surface area (Å²) in [6.07, 6.45) is 3.47. The smallest absolute Gasteiger partial charge is 0.234 e. The van der Waals surface area contributed by atoms with Crippen LogP contribution in [0.15, 0.2) is 47.9 Å². The van der Waals surface area contributed by atoms with E-state index in [1.54, 1.807) is 24.5 Å². The Morgan fingerprint density at radius 2 is 1.96 bits per heavy atom. The lowest BCUT2D eigenvalue weighted by Crippen LogP contribution is -2.16. The van der Waals surface area contributed by atoms with E-state index in [9.17, 15) is 4.79 Å². The Bertz CT molecular complexity index is 958. The highest BCUT2D eigenvalue weighted by Gasteiger charge is 2.17. The molecule has 28 heavy (non-hydrogen) atoms. The molecule has 0 radical (unpaired) electrons. The van der Waals surface area contributed by atoms with Gasteiger partial charge in [-0.15, -0.1) is 10.2 Å². The molecule has 146 valence electrons. The standard InChI is InChI=1S/C20H22ClN5OS/c1-13(2)11-26-19(15-6-8-22-9-7-15)24-25-20(26)28-12-18(27)23-17-10-16(21)5-4-14(17)3/h4-10,13H,11-12H2,1-3H3,(H,23,27). The van der Waals surface area contributed by atoms with Crippen LogP contribution in [0, 0.1) is 12.8 Å². The summed E-state index contributed by atoms with van der Waals surface area (Å²) in [6, 6.07) is 9.25. The summed E-state index contributed by atoms with van der Waals surface area (Å²) in [5, 5.41) is 12.9. The van der Waals surface area contributed by atoms with Crippen molar-refractivity contribution < 1.29 is 4.79 Å². The van der Waals surface area contributed by atoms with Gasteiger partial charge in [0.25, 0.3) is 0 Å². The number of aryl methyl sites for hydroxylation is 1. The molecule has 2 heterocycles. The van der Waals surface area contributed by atoms with E-state index >= 15 is 0 Å². The molecule has 6 nitrogen and oxygen atoms in total.